The molecular weight excluding hydrogens is 375 g/mol. The van der Waals surface area contributed by atoms with Crippen LogP contribution in [0.15, 0.2) is 29.2 Å². The number of halogens is 2. The summed E-state index contributed by atoms with van der Waals surface area (Å²) in [6, 6.07) is 4.02. The zero-order valence-electron chi connectivity index (χ0n) is 14.6. The molecule has 1 N–H and O–H groups in total. The standard InChI is InChI=1S/C18H16ClFN4O3/c1-9-7-22(2)18(27)15-16(25)14-13(24(9)15)6-21-23(17(14)26)8-10-3-4-12(20)11(19)5-10/h3-6,9,25H,7-8H2,1-2H3. The number of likely N-dealkylation sites (N-methyl/N-ethyl adjacent to an activating group) is 1. The second kappa shape index (κ2) is 6.09. The highest BCUT2D eigenvalue weighted by molar-refractivity contribution is 6.30. The van der Waals surface area contributed by atoms with Crippen LogP contribution in [0.1, 0.15) is 29.0 Å². The van der Waals surface area contributed by atoms with Crippen LogP contribution in [-0.4, -0.2) is 43.9 Å². The van der Waals surface area contributed by atoms with Gasteiger partial charge in [0.2, 0.25) is 0 Å². The average Bonchev–Trinajstić information content (AvgIpc) is 2.92. The summed E-state index contributed by atoms with van der Waals surface area (Å²) in [5, 5.41) is 14.8. The Morgan fingerprint density at radius 2 is 2.11 bits per heavy atom. The second-order valence-corrected chi connectivity index (χ2v) is 7.13. The minimum atomic E-state index is -0.550. The van der Waals surface area contributed by atoms with Crippen LogP contribution in [0.25, 0.3) is 10.9 Å². The summed E-state index contributed by atoms with van der Waals surface area (Å²) in [5.41, 5.74) is 0.556. The molecule has 140 valence electrons. The maximum absolute atomic E-state index is 13.3. The molecular formula is C18H16ClFN4O3. The molecule has 3 aromatic rings. The third-order valence-corrected chi connectivity index (χ3v) is 5.12. The maximum Gasteiger partial charge on any atom is 0.280 e. The minimum absolute atomic E-state index is 0.0451. The molecule has 0 aliphatic carbocycles. The quantitative estimate of drug-likeness (QED) is 0.728. The van der Waals surface area contributed by atoms with Gasteiger partial charge in [0.05, 0.1) is 23.3 Å². The lowest BCUT2D eigenvalue weighted by atomic mass is 10.2. The molecule has 0 fully saturated rings. The Morgan fingerprint density at radius 3 is 2.81 bits per heavy atom. The monoisotopic (exact) mass is 390 g/mol. The van der Waals surface area contributed by atoms with E-state index in [2.05, 4.69) is 5.10 Å². The van der Waals surface area contributed by atoms with E-state index in [1.54, 1.807) is 11.6 Å². The Morgan fingerprint density at radius 1 is 1.37 bits per heavy atom. The summed E-state index contributed by atoms with van der Waals surface area (Å²) in [5.74, 6) is -1.24. The number of benzene rings is 1. The molecule has 4 rings (SSSR count). The molecule has 1 amide bonds. The predicted octanol–water partition coefficient (Wildman–Crippen LogP) is 2.39. The van der Waals surface area contributed by atoms with Crippen LogP contribution in [0.5, 0.6) is 5.75 Å². The molecule has 0 saturated carbocycles. The Hall–Kier alpha value is -2.87. The molecule has 1 unspecified atom stereocenters. The number of nitrogens with zero attached hydrogens (tertiary/aromatic N) is 4. The first kappa shape index (κ1) is 17.5. The molecule has 27 heavy (non-hydrogen) atoms. The number of amides is 1. The molecule has 1 atom stereocenters. The topological polar surface area (TPSA) is 80.4 Å². The number of carbonyl (C=O) groups excluding carboxylic acids is 1. The van der Waals surface area contributed by atoms with Crippen molar-refractivity contribution in [3.63, 3.8) is 0 Å². The van der Waals surface area contributed by atoms with Crippen LogP contribution in [-0.2, 0) is 6.54 Å². The number of rotatable bonds is 2. The number of fused-ring (bicyclic) bond motifs is 3. The van der Waals surface area contributed by atoms with Crippen molar-refractivity contribution in [3.05, 3.63) is 56.8 Å². The van der Waals surface area contributed by atoms with E-state index in [-0.39, 0.29) is 40.3 Å². The van der Waals surface area contributed by atoms with Gasteiger partial charge in [0.25, 0.3) is 11.5 Å². The number of aromatic nitrogens is 3. The van der Waals surface area contributed by atoms with Crippen molar-refractivity contribution < 1.29 is 14.3 Å². The van der Waals surface area contributed by atoms with Gasteiger partial charge in [-0.15, -0.1) is 0 Å². The summed E-state index contributed by atoms with van der Waals surface area (Å²) in [4.78, 5) is 26.9. The van der Waals surface area contributed by atoms with Crippen molar-refractivity contribution in [1.82, 2.24) is 19.2 Å². The van der Waals surface area contributed by atoms with E-state index in [0.29, 0.717) is 17.6 Å². The third kappa shape index (κ3) is 2.59. The van der Waals surface area contributed by atoms with E-state index in [1.807, 2.05) is 6.92 Å². The van der Waals surface area contributed by atoms with Gasteiger partial charge in [0, 0.05) is 19.6 Å². The van der Waals surface area contributed by atoms with E-state index in [4.69, 9.17) is 11.6 Å². The van der Waals surface area contributed by atoms with Crippen molar-refractivity contribution in [3.8, 4) is 5.75 Å². The molecule has 2 aromatic heterocycles. The van der Waals surface area contributed by atoms with Gasteiger partial charge in [-0.3, -0.25) is 9.59 Å². The number of hydrogen-bond donors (Lipinski definition) is 1. The van der Waals surface area contributed by atoms with E-state index in [0.717, 1.165) is 4.68 Å². The van der Waals surface area contributed by atoms with Crippen LogP contribution in [0.4, 0.5) is 4.39 Å². The van der Waals surface area contributed by atoms with Gasteiger partial charge in [-0.25, -0.2) is 9.07 Å². The zero-order valence-corrected chi connectivity index (χ0v) is 15.4. The molecule has 0 radical (unpaired) electrons. The summed E-state index contributed by atoms with van der Waals surface area (Å²) in [7, 11) is 1.65. The average molecular weight is 391 g/mol. The van der Waals surface area contributed by atoms with Gasteiger partial charge in [0.1, 0.15) is 11.2 Å². The van der Waals surface area contributed by atoms with Crippen LogP contribution < -0.4 is 5.56 Å². The largest absolute Gasteiger partial charge is 0.505 e. The van der Waals surface area contributed by atoms with Crippen LogP contribution >= 0.6 is 11.6 Å². The molecule has 0 spiro atoms. The molecule has 1 aliphatic heterocycles. The number of hydrogen-bond acceptors (Lipinski definition) is 4. The zero-order chi connectivity index (χ0) is 19.5. The lowest BCUT2D eigenvalue weighted by Crippen LogP contribution is -2.39. The molecule has 3 heterocycles. The van der Waals surface area contributed by atoms with E-state index in [1.165, 1.54) is 29.3 Å². The molecule has 0 bridgehead atoms. The lowest BCUT2D eigenvalue weighted by Gasteiger charge is -2.30. The van der Waals surface area contributed by atoms with E-state index in [9.17, 15) is 19.1 Å². The van der Waals surface area contributed by atoms with Crippen molar-refractivity contribution in [2.45, 2.75) is 19.5 Å². The van der Waals surface area contributed by atoms with E-state index < -0.39 is 11.4 Å². The van der Waals surface area contributed by atoms with Gasteiger partial charge in [-0.2, -0.15) is 5.10 Å². The fraction of sp³-hybridized carbons (Fsp3) is 0.278. The predicted molar refractivity (Wildman–Crippen MR) is 97.8 cm³/mol. The van der Waals surface area contributed by atoms with Gasteiger partial charge in [-0.1, -0.05) is 17.7 Å². The Balaban J connectivity index is 1.88. The van der Waals surface area contributed by atoms with Gasteiger partial charge in [0.15, 0.2) is 11.4 Å². The SMILES string of the molecule is CC1CN(C)C(=O)c2c(O)c3c(=O)n(Cc4ccc(F)c(Cl)c4)ncc3n21. The molecule has 7 nitrogen and oxygen atoms in total. The Kier molecular flexibility index (Phi) is 3.96. The number of aromatic hydroxyl groups is 1. The summed E-state index contributed by atoms with van der Waals surface area (Å²) < 4.78 is 16.1. The minimum Gasteiger partial charge on any atom is -0.505 e. The first-order chi connectivity index (χ1) is 12.8. The molecule has 0 saturated heterocycles. The van der Waals surface area contributed by atoms with Crippen molar-refractivity contribution in [2.75, 3.05) is 13.6 Å². The van der Waals surface area contributed by atoms with Crippen LogP contribution in [0, 0.1) is 5.82 Å². The lowest BCUT2D eigenvalue weighted by molar-refractivity contribution is 0.0723. The normalized spacial score (nSPS) is 16.8. The summed E-state index contributed by atoms with van der Waals surface area (Å²) >= 11 is 5.79. The summed E-state index contributed by atoms with van der Waals surface area (Å²) in [6.45, 7) is 2.42. The Labute approximate surface area is 158 Å². The second-order valence-electron chi connectivity index (χ2n) is 6.72. The number of carbonyl (C=O) groups is 1. The fourth-order valence-corrected chi connectivity index (χ4v) is 3.77. The van der Waals surface area contributed by atoms with Gasteiger partial charge in [-0.05, 0) is 24.6 Å². The van der Waals surface area contributed by atoms with E-state index >= 15 is 0 Å². The van der Waals surface area contributed by atoms with Crippen molar-refractivity contribution in [1.29, 1.82) is 0 Å². The highest BCUT2D eigenvalue weighted by Gasteiger charge is 2.34. The maximum atomic E-state index is 13.3. The smallest absolute Gasteiger partial charge is 0.280 e. The first-order valence-corrected chi connectivity index (χ1v) is 8.69. The molecule has 1 aromatic carbocycles. The fourth-order valence-electron chi connectivity index (χ4n) is 3.57. The summed E-state index contributed by atoms with van der Waals surface area (Å²) in [6.07, 6.45) is 1.46. The molecule has 9 heteroatoms. The highest BCUT2D eigenvalue weighted by atomic mass is 35.5. The van der Waals surface area contributed by atoms with Crippen LogP contribution in [0.2, 0.25) is 5.02 Å². The van der Waals surface area contributed by atoms with Crippen molar-refractivity contribution >= 4 is 28.4 Å². The third-order valence-electron chi connectivity index (χ3n) is 4.83. The molecule has 1 aliphatic rings. The van der Waals surface area contributed by atoms with Crippen LogP contribution in [0.3, 0.4) is 0 Å². The highest BCUT2D eigenvalue weighted by Crippen LogP contribution is 2.35. The Bertz CT molecular complexity index is 1150. The van der Waals surface area contributed by atoms with Gasteiger partial charge >= 0.3 is 0 Å². The first-order valence-electron chi connectivity index (χ1n) is 8.32. The van der Waals surface area contributed by atoms with Gasteiger partial charge < -0.3 is 14.6 Å². The van der Waals surface area contributed by atoms with Crippen molar-refractivity contribution in [2.24, 2.45) is 0 Å².